The second kappa shape index (κ2) is 10.5. The number of aliphatic imine (C=N–C) groups is 1. The zero-order chi connectivity index (χ0) is 21.6. The fraction of sp³-hybridized carbons (Fsp3) is 0.200. The van der Waals surface area contributed by atoms with Gasteiger partial charge in [-0.05, 0) is 42.3 Å². The molecule has 1 atom stereocenters. The molecule has 0 saturated heterocycles. The summed E-state index contributed by atoms with van der Waals surface area (Å²) in [6.07, 6.45) is 0.402. The smallest absolute Gasteiger partial charge is 0.322 e. The number of aliphatic carboxylic acids is 1. The van der Waals surface area contributed by atoms with Gasteiger partial charge in [0.1, 0.15) is 12.3 Å². The van der Waals surface area contributed by atoms with Crippen LogP contribution in [-0.2, 0) is 9.59 Å². The molecule has 2 aromatic rings. The highest BCUT2D eigenvalue weighted by molar-refractivity contribution is 9.10. The summed E-state index contributed by atoms with van der Waals surface area (Å²) >= 11 is 15.6. The molecule has 2 rings (SSSR count). The van der Waals surface area contributed by atoms with Crippen molar-refractivity contribution >= 4 is 68.1 Å². The van der Waals surface area contributed by atoms with E-state index in [9.17, 15) is 9.59 Å². The number of carboxylic acids is 1. The number of nitrogens with one attached hydrogen (secondary N) is 2. The molecule has 1 amide bonds. The summed E-state index contributed by atoms with van der Waals surface area (Å²) in [5, 5.41) is 20.1. The van der Waals surface area contributed by atoms with Crippen LogP contribution in [0.4, 0.5) is 5.69 Å². The zero-order valence-electron chi connectivity index (χ0n) is 15.4. The maximum Gasteiger partial charge on any atom is 0.322 e. The van der Waals surface area contributed by atoms with Crippen LogP contribution in [-0.4, -0.2) is 35.0 Å². The molecule has 0 radical (unpaired) electrons. The highest BCUT2D eigenvalue weighted by Gasteiger charge is 2.26. The van der Waals surface area contributed by atoms with Crippen LogP contribution >= 0.6 is 39.1 Å². The van der Waals surface area contributed by atoms with Gasteiger partial charge in [0.15, 0.2) is 0 Å². The predicted octanol–water partition coefficient (Wildman–Crippen LogP) is 5.12. The number of carboxylic acid groups (broad SMARTS) is 1. The molecular weight excluding hydrogens is 481 g/mol. The average Bonchev–Trinajstić information content (AvgIpc) is 2.68. The number of hydrogen-bond donors (Lipinski definition) is 3. The summed E-state index contributed by atoms with van der Waals surface area (Å²) in [6, 6.07) is 12.2. The van der Waals surface area contributed by atoms with E-state index in [-0.39, 0.29) is 5.71 Å². The first-order valence-electron chi connectivity index (χ1n) is 8.61. The van der Waals surface area contributed by atoms with Crippen LogP contribution < -0.4 is 5.32 Å². The van der Waals surface area contributed by atoms with Gasteiger partial charge in [0, 0.05) is 15.4 Å². The van der Waals surface area contributed by atoms with Crippen molar-refractivity contribution in [3.8, 4) is 0 Å². The van der Waals surface area contributed by atoms with Crippen molar-refractivity contribution in [2.24, 2.45) is 10.9 Å². The van der Waals surface area contributed by atoms with Crippen LogP contribution in [0.3, 0.4) is 0 Å². The maximum absolute atomic E-state index is 12.3. The largest absolute Gasteiger partial charge is 0.480 e. The zero-order valence-corrected chi connectivity index (χ0v) is 18.5. The van der Waals surface area contributed by atoms with E-state index in [0.29, 0.717) is 33.4 Å². The van der Waals surface area contributed by atoms with Gasteiger partial charge in [-0.2, -0.15) is 0 Å². The Balaban J connectivity index is 2.51. The Morgan fingerprint density at radius 3 is 2.41 bits per heavy atom. The summed E-state index contributed by atoms with van der Waals surface area (Å²) in [5.41, 5.74) is 1.35. The normalized spacial score (nSPS) is 12.3. The van der Waals surface area contributed by atoms with Gasteiger partial charge >= 0.3 is 5.97 Å². The van der Waals surface area contributed by atoms with Gasteiger partial charge in [-0.3, -0.25) is 20.0 Å². The third-order valence-corrected chi connectivity index (χ3v) is 5.09. The average molecular weight is 499 g/mol. The van der Waals surface area contributed by atoms with Crippen LogP contribution in [0.2, 0.25) is 10.0 Å². The van der Waals surface area contributed by atoms with Crippen molar-refractivity contribution in [1.29, 1.82) is 5.41 Å². The van der Waals surface area contributed by atoms with Crippen molar-refractivity contribution in [1.82, 2.24) is 5.32 Å². The minimum atomic E-state index is -1.19. The summed E-state index contributed by atoms with van der Waals surface area (Å²) in [7, 11) is 0. The van der Waals surface area contributed by atoms with E-state index in [1.807, 2.05) is 31.2 Å². The number of amides is 1. The molecule has 2 aromatic carbocycles. The highest BCUT2D eigenvalue weighted by Crippen LogP contribution is 2.30. The first-order chi connectivity index (χ1) is 13.7. The lowest BCUT2D eigenvalue weighted by molar-refractivity contribution is -0.137. The lowest BCUT2D eigenvalue weighted by Gasteiger charge is -2.19. The van der Waals surface area contributed by atoms with Crippen molar-refractivity contribution < 1.29 is 14.7 Å². The number of carbonyl (C=O) groups excluding carboxylic acids is 1. The number of rotatable bonds is 8. The molecule has 0 aliphatic heterocycles. The second-order valence-electron chi connectivity index (χ2n) is 6.05. The van der Waals surface area contributed by atoms with Gasteiger partial charge in [0.2, 0.25) is 0 Å². The molecule has 0 aromatic heterocycles. The quantitative estimate of drug-likeness (QED) is 0.440. The molecule has 152 valence electrons. The van der Waals surface area contributed by atoms with E-state index < -0.39 is 24.3 Å². The van der Waals surface area contributed by atoms with E-state index in [2.05, 4.69) is 26.2 Å². The van der Waals surface area contributed by atoms with Gasteiger partial charge in [-0.25, -0.2) is 0 Å². The van der Waals surface area contributed by atoms with E-state index in [1.165, 1.54) is 0 Å². The minimum Gasteiger partial charge on any atom is -0.480 e. The van der Waals surface area contributed by atoms with Crippen LogP contribution in [0.25, 0.3) is 0 Å². The summed E-state index contributed by atoms with van der Waals surface area (Å²) in [4.78, 5) is 27.7. The highest BCUT2D eigenvalue weighted by atomic mass is 79.9. The van der Waals surface area contributed by atoms with Crippen LogP contribution in [0.15, 0.2) is 51.9 Å². The fourth-order valence-electron chi connectivity index (χ4n) is 2.61. The van der Waals surface area contributed by atoms with Gasteiger partial charge in [-0.1, -0.05) is 58.2 Å². The van der Waals surface area contributed by atoms with Crippen LogP contribution in [0.5, 0.6) is 0 Å². The lowest BCUT2D eigenvalue weighted by Crippen LogP contribution is -2.40. The van der Waals surface area contributed by atoms with Crippen molar-refractivity contribution in [2.75, 3.05) is 6.54 Å². The number of halogens is 3. The lowest BCUT2D eigenvalue weighted by atomic mass is 9.89. The molecule has 29 heavy (non-hydrogen) atoms. The van der Waals surface area contributed by atoms with Gasteiger partial charge in [-0.15, -0.1) is 0 Å². The number of nitrogens with zero attached hydrogens (tertiary/aromatic N) is 1. The molecule has 0 bridgehead atoms. The molecular formula is C20H18BrCl2N3O3. The molecule has 0 saturated carbocycles. The molecule has 0 spiro atoms. The first-order valence-corrected chi connectivity index (χ1v) is 10.2. The van der Waals surface area contributed by atoms with E-state index >= 15 is 0 Å². The van der Waals surface area contributed by atoms with E-state index in [0.717, 1.165) is 4.47 Å². The number of benzene rings is 2. The van der Waals surface area contributed by atoms with Gasteiger partial charge in [0.05, 0.1) is 16.4 Å². The third kappa shape index (κ3) is 6.39. The van der Waals surface area contributed by atoms with E-state index in [4.69, 9.17) is 33.7 Å². The molecule has 3 N–H and O–H groups in total. The second-order valence-corrected chi connectivity index (χ2v) is 7.81. The van der Waals surface area contributed by atoms with Crippen molar-refractivity contribution in [3.63, 3.8) is 0 Å². The van der Waals surface area contributed by atoms with Gasteiger partial charge in [0.25, 0.3) is 5.91 Å². The Labute approximate surface area is 186 Å². The summed E-state index contributed by atoms with van der Waals surface area (Å²) in [5.74, 6) is -2.61. The predicted molar refractivity (Wildman–Crippen MR) is 119 cm³/mol. The molecule has 0 aliphatic carbocycles. The fourth-order valence-corrected chi connectivity index (χ4v) is 3.32. The van der Waals surface area contributed by atoms with E-state index in [1.54, 1.807) is 18.2 Å². The molecule has 1 unspecified atom stereocenters. The first kappa shape index (κ1) is 23.1. The van der Waals surface area contributed by atoms with Crippen LogP contribution in [0.1, 0.15) is 18.9 Å². The Morgan fingerprint density at radius 2 is 1.86 bits per heavy atom. The molecule has 0 heterocycles. The number of carbonyl (C=O) groups is 2. The monoisotopic (exact) mass is 497 g/mol. The van der Waals surface area contributed by atoms with Gasteiger partial charge < -0.3 is 10.4 Å². The Hall–Kier alpha value is -2.22. The summed E-state index contributed by atoms with van der Waals surface area (Å²) in [6.45, 7) is 1.26. The molecule has 0 fully saturated rings. The minimum absolute atomic E-state index is 0.277. The van der Waals surface area contributed by atoms with Crippen molar-refractivity contribution in [2.45, 2.75) is 13.3 Å². The third-order valence-electron chi connectivity index (χ3n) is 4.02. The number of hydrogen-bond acceptors (Lipinski definition) is 4. The Morgan fingerprint density at radius 1 is 1.21 bits per heavy atom. The molecule has 0 aliphatic rings. The molecule has 9 heteroatoms. The maximum atomic E-state index is 12.3. The summed E-state index contributed by atoms with van der Waals surface area (Å²) < 4.78 is 0.868. The van der Waals surface area contributed by atoms with Crippen LogP contribution in [0, 0.1) is 11.3 Å². The topological polar surface area (TPSA) is 103 Å². The SMILES string of the molecule is CCC(C(=N)C(=O)NCC(=O)O)C(=Nc1ccc(Cl)cc1Cl)c1ccc(Br)cc1. The Bertz CT molecular complexity index is 962. The van der Waals surface area contributed by atoms with Crippen molar-refractivity contribution in [3.05, 3.63) is 62.5 Å². The standard InChI is InChI=1S/C20H18BrCl2N3O3/c1-2-14(18(24)20(29)25-10-17(27)28)19(11-3-5-12(21)6-4-11)26-16-8-7-13(22)9-15(16)23/h3-9,14,24H,2,10H2,1H3,(H,25,29)(H,27,28). The Kier molecular flexibility index (Phi) is 8.37. The molecule has 6 nitrogen and oxygen atoms in total.